The summed E-state index contributed by atoms with van der Waals surface area (Å²) in [6.07, 6.45) is 1.81. The highest BCUT2D eigenvalue weighted by molar-refractivity contribution is 6.25. The van der Waals surface area contributed by atoms with Gasteiger partial charge in [0.25, 0.3) is 0 Å². The first-order valence-corrected chi connectivity index (χ1v) is 9.53. The average molecular weight is 376 g/mol. The van der Waals surface area contributed by atoms with Crippen molar-refractivity contribution < 1.29 is 28.9 Å². The van der Waals surface area contributed by atoms with Crippen molar-refractivity contribution in [2.24, 2.45) is 5.92 Å². The molecule has 0 aromatic rings. The number of fused-ring (bicyclic) bond motifs is 4. The third kappa shape index (κ3) is 2.12. The van der Waals surface area contributed by atoms with Crippen molar-refractivity contribution >= 4 is 11.6 Å². The molecular weight excluding hydrogens is 352 g/mol. The number of aliphatic hydroxyl groups is 1. The first kappa shape index (κ1) is 17.4. The number of methoxy groups -OCH3 is 1. The number of nitrogens with one attached hydrogen (secondary N) is 1. The Morgan fingerprint density at radius 3 is 2.85 bits per heavy atom. The van der Waals surface area contributed by atoms with Crippen LogP contribution in [0.2, 0.25) is 0 Å². The van der Waals surface area contributed by atoms with E-state index in [4.69, 9.17) is 14.2 Å². The van der Waals surface area contributed by atoms with Gasteiger partial charge in [0, 0.05) is 37.4 Å². The average Bonchev–Trinajstić information content (AvgIpc) is 3.04. The predicted molar refractivity (Wildman–Crippen MR) is 92.4 cm³/mol. The summed E-state index contributed by atoms with van der Waals surface area (Å²) < 4.78 is 17.2. The van der Waals surface area contributed by atoms with Crippen molar-refractivity contribution in [2.75, 3.05) is 33.5 Å². The van der Waals surface area contributed by atoms with Crippen LogP contribution in [0.4, 0.5) is 0 Å². The fourth-order valence-electron chi connectivity index (χ4n) is 5.25. The van der Waals surface area contributed by atoms with Crippen LogP contribution in [-0.4, -0.2) is 79.0 Å². The molecule has 0 radical (unpaired) electrons. The molecule has 8 heteroatoms. The zero-order valence-electron chi connectivity index (χ0n) is 15.5. The van der Waals surface area contributed by atoms with Gasteiger partial charge in [-0.3, -0.25) is 9.59 Å². The number of carbonyl (C=O) groups excluding carboxylic acids is 2. The number of nitrogens with zero attached hydrogens (tertiary/aromatic N) is 1. The highest BCUT2D eigenvalue weighted by Gasteiger charge is 2.72. The lowest BCUT2D eigenvalue weighted by atomic mass is 9.83. The normalized spacial score (nSPS) is 39.9. The molecule has 0 aromatic carbocycles. The van der Waals surface area contributed by atoms with Crippen LogP contribution in [0.5, 0.6) is 0 Å². The molecule has 0 bridgehead atoms. The largest absolute Gasteiger partial charge is 0.486 e. The second-order valence-electron chi connectivity index (χ2n) is 7.87. The maximum Gasteiger partial charge on any atom is 0.226 e. The van der Waals surface area contributed by atoms with Gasteiger partial charge < -0.3 is 29.5 Å². The lowest BCUT2D eigenvalue weighted by Crippen LogP contribution is -2.54. The van der Waals surface area contributed by atoms with Gasteiger partial charge in [0.05, 0.1) is 30.4 Å². The van der Waals surface area contributed by atoms with E-state index in [9.17, 15) is 14.7 Å². The Kier molecular flexibility index (Phi) is 3.78. The van der Waals surface area contributed by atoms with Gasteiger partial charge in [-0.2, -0.15) is 0 Å². The molecule has 2 N–H and O–H groups in total. The second kappa shape index (κ2) is 5.88. The highest BCUT2D eigenvalue weighted by atomic mass is 16.5. The monoisotopic (exact) mass is 376 g/mol. The molecule has 0 aromatic heterocycles. The van der Waals surface area contributed by atoms with Gasteiger partial charge in [0.15, 0.2) is 11.5 Å². The molecular formula is C19H24N2O6. The lowest BCUT2D eigenvalue weighted by Gasteiger charge is -2.39. The molecule has 5 unspecified atom stereocenters. The molecule has 1 aliphatic carbocycles. The molecule has 146 valence electrons. The summed E-state index contributed by atoms with van der Waals surface area (Å²) in [5, 5.41) is 13.5. The van der Waals surface area contributed by atoms with Crippen LogP contribution in [-0.2, 0) is 23.8 Å². The number of hydrogen-bond donors (Lipinski definition) is 2. The molecule has 5 rings (SSSR count). The second-order valence-corrected chi connectivity index (χ2v) is 7.87. The summed E-state index contributed by atoms with van der Waals surface area (Å²) in [7, 11) is 1.57. The Hall–Kier alpha value is -1.74. The van der Waals surface area contributed by atoms with Crippen LogP contribution in [0.25, 0.3) is 0 Å². The first-order valence-electron chi connectivity index (χ1n) is 9.53. The van der Waals surface area contributed by atoms with Crippen LogP contribution in [0.1, 0.15) is 19.8 Å². The molecule has 0 saturated carbocycles. The molecule has 0 amide bonds. The van der Waals surface area contributed by atoms with Gasteiger partial charge in [-0.1, -0.05) is 0 Å². The van der Waals surface area contributed by atoms with E-state index in [0.29, 0.717) is 30.0 Å². The van der Waals surface area contributed by atoms with Crippen molar-refractivity contribution in [1.82, 2.24) is 10.2 Å². The molecule has 5 aliphatic rings. The Labute approximate surface area is 157 Å². The van der Waals surface area contributed by atoms with Crippen LogP contribution in [0, 0.1) is 5.92 Å². The third-order valence-electron chi connectivity index (χ3n) is 6.60. The molecule has 4 heterocycles. The van der Waals surface area contributed by atoms with E-state index in [0.717, 1.165) is 12.8 Å². The summed E-state index contributed by atoms with van der Waals surface area (Å²) in [4.78, 5) is 28.3. The lowest BCUT2D eigenvalue weighted by molar-refractivity contribution is -0.137. The smallest absolute Gasteiger partial charge is 0.226 e. The van der Waals surface area contributed by atoms with Crippen molar-refractivity contribution in [2.45, 2.75) is 43.7 Å². The number of aliphatic hydroxyl groups excluding tert-OH is 1. The standard InChI is InChI=1S/C19H24N2O6/c1-9-15(23)14-13(16(24)17(9)27-8-10-4-3-5-26-10)11(7-22)19(25-2)18-12(20-18)6-21(14)19/h10-12,18,20,22H,3-8H2,1-2H3. The maximum absolute atomic E-state index is 13.3. The van der Waals surface area contributed by atoms with E-state index in [1.54, 1.807) is 14.0 Å². The number of piperazine rings is 1. The van der Waals surface area contributed by atoms with Crippen molar-refractivity contribution in [3.8, 4) is 0 Å². The number of rotatable bonds is 5. The van der Waals surface area contributed by atoms with Crippen molar-refractivity contribution in [1.29, 1.82) is 0 Å². The molecule has 27 heavy (non-hydrogen) atoms. The number of allylic oxidation sites excluding steroid dienone is 2. The first-order chi connectivity index (χ1) is 13.0. The molecule has 3 saturated heterocycles. The van der Waals surface area contributed by atoms with E-state index in [2.05, 4.69) is 5.32 Å². The molecule has 0 spiro atoms. The number of ketones is 2. The fraction of sp³-hybridized carbons (Fsp3) is 0.684. The summed E-state index contributed by atoms with van der Waals surface area (Å²) in [6.45, 7) is 2.90. The summed E-state index contributed by atoms with van der Waals surface area (Å²) in [5.74, 6) is -1.04. The quantitative estimate of drug-likeness (QED) is 0.488. The van der Waals surface area contributed by atoms with Gasteiger partial charge in [0.1, 0.15) is 6.61 Å². The van der Waals surface area contributed by atoms with Crippen molar-refractivity contribution in [3.63, 3.8) is 0 Å². The molecule has 8 nitrogen and oxygen atoms in total. The van der Waals surface area contributed by atoms with Gasteiger partial charge in [-0.15, -0.1) is 0 Å². The molecule has 4 aliphatic heterocycles. The van der Waals surface area contributed by atoms with Crippen molar-refractivity contribution in [3.05, 3.63) is 22.6 Å². The van der Waals surface area contributed by atoms with E-state index >= 15 is 0 Å². The minimum absolute atomic E-state index is 0.00223. The van der Waals surface area contributed by atoms with E-state index < -0.39 is 11.6 Å². The highest BCUT2D eigenvalue weighted by Crippen LogP contribution is 2.55. The number of ether oxygens (including phenoxy) is 3. The summed E-state index contributed by atoms with van der Waals surface area (Å²) in [6, 6.07) is 0.222. The Bertz CT molecular complexity index is 783. The molecule has 5 atom stereocenters. The van der Waals surface area contributed by atoms with Gasteiger partial charge in [0.2, 0.25) is 11.6 Å². The van der Waals surface area contributed by atoms with Crippen LogP contribution >= 0.6 is 0 Å². The van der Waals surface area contributed by atoms with E-state index in [-0.39, 0.29) is 48.7 Å². The Morgan fingerprint density at radius 2 is 2.19 bits per heavy atom. The summed E-state index contributed by atoms with van der Waals surface area (Å²) >= 11 is 0. The zero-order chi connectivity index (χ0) is 18.9. The Balaban J connectivity index is 1.49. The molecule has 3 fully saturated rings. The SMILES string of the molecule is COC12C(CO)C3=C(C(=O)C(C)=C(OCC4CCCO4)C3=O)N1CC1NC12. The minimum atomic E-state index is -0.889. The summed E-state index contributed by atoms with van der Waals surface area (Å²) in [5.41, 5.74) is 0.120. The minimum Gasteiger partial charge on any atom is -0.486 e. The van der Waals surface area contributed by atoms with Crippen LogP contribution in [0.15, 0.2) is 22.6 Å². The number of hydrogen-bond acceptors (Lipinski definition) is 8. The topological polar surface area (TPSA) is 107 Å². The van der Waals surface area contributed by atoms with Gasteiger partial charge in [-0.05, 0) is 19.8 Å². The Morgan fingerprint density at radius 1 is 1.37 bits per heavy atom. The van der Waals surface area contributed by atoms with Gasteiger partial charge >= 0.3 is 0 Å². The maximum atomic E-state index is 13.3. The number of Topliss-reactive ketones (excluding diaryl/α,β-unsaturated/α-hetero) is 2. The van der Waals surface area contributed by atoms with Gasteiger partial charge in [-0.25, -0.2) is 0 Å². The third-order valence-corrected chi connectivity index (χ3v) is 6.60. The zero-order valence-corrected chi connectivity index (χ0v) is 15.5. The van der Waals surface area contributed by atoms with Crippen LogP contribution < -0.4 is 5.32 Å². The predicted octanol–water partition coefficient (Wildman–Crippen LogP) is -0.517. The van der Waals surface area contributed by atoms with E-state index in [1.807, 2.05) is 4.90 Å². The fourth-order valence-corrected chi connectivity index (χ4v) is 5.25. The van der Waals surface area contributed by atoms with E-state index in [1.165, 1.54) is 0 Å². The number of carbonyl (C=O) groups is 2. The van der Waals surface area contributed by atoms with Crippen LogP contribution in [0.3, 0.4) is 0 Å².